The fraction of sp³-hybridized carbons (Fsp3) is 0.263. The first-order valence-electron chi connectivity index (χ1n) is 8.18. The molecule has 2 heterocycles. The molecule has 0 fully saturated rings. The Hall–Kier alpha value is -2.40. The van der Waals surface area contributed by atoms with Crippen molar-refractivity contribution in [1.29, 1.82) is 0 Å². The van der Waals surface area contributed by atoms with E-state index in [0.29, 0.717) is 11.5 Å². The third kappa shape index (κ3) is 2.55. The zero-order valence-electron chi connectivity index (χ0n) is 13.5. The van der Waals surface area contributed by atoms with Crippen molar-refractivity contribution in [3.63, 3.8) is 0 Å². The maximum atomic E-state index is 12.0. The quantitative estimate of drug-likeness (QED) is 0.691. The van der Waals surface area contributed by atoms with E-state index in [0.717, 1.165) is 46.3 Å². The molecule has 0 aliphatic heterocycles. The number of hydrogen-bond acceptors (Lipinski definition) is 3. The van der Waals surface area contributed by atoms with E-state index in [2.05, 4.69) is 23.0 Å². The van der Waals surface area contributed by atoms with E-state index in [4.69, 9.17) is 5.73 Å². The number of hydrogen-bond donors (Lipinski definition) is 2. The number of aromatic amines is 1. The van der Waals surface area contributed by atoms with Gasteiger partial charge in [-0.25, -0.2) is 4.99 Å². The Labute approximate surface area is 144 Å². The second kappa shape index (κ2) is 5.91. The monoisotopic (exact) mass is 337 g/mol. The largest absolute Gasteiger partial charge is 0.365 e. The van der Waals surface area contributed by atoms with Crippen LogP contribution in [0.5, 0.6) is 0 Å². The highest BCUT2D eigenvalue weighted by Gasteiger charge is 2.26. The number of primary amides is 1. The lowest BCUT2D eigenvalue weighted by molar-refractivity contribution is 0.1000. The Balaban J connectivity index is 1.75. The molecule has 3 N–H and O–H groups in total. The number of nitrogens with zero attached hydrogens (tertiary/aromatic N) is 1. The normalized spacial score (nSPS) is 17.5. The lowest BCUT2D eigenvalue weighted by Crippen LogP contribution is -2.16. The second-order valence-corrected chi connectivity index (χ2v) is 7.53. The first-order chi connectivity index (χ1) is 11.6. The number of nitrogens with two attached hydrogens (primary N) is 1. The van der Waals surface area contributed by atoms with Crippen LogP contribution >= 0.6 is 11.3 Å². The van der Waals surface area contributed by atoms with Crippen LogP contribution in [0.2, 0.25) is 0 Å². The minimum Gasteiger partial charge on any atom is -0.365 e. The third-order valence-electron chi connectivity index (χ3n) is 4.68. The van der Waals surface area contributed by atoms with E-state index >= 15 is 0 Å². The molecule has 0 radical (unpaired) electrons. The van der Waals surface area contributed by atoms with Gasteiger partial charge < -0.3 is 10.7 Å². The molecule has 0 bridgehead atoms. The zero-order valence-corrected chi connectivity index (χ0v) is 14.3. The second-order valence-electron chi connectivity index (χ2n) is 6.44. The van der Waals surface area contributed by atoms with Crippen LogP contribution in [0.1, 0.15) is 39.7 Å². The smallest absolute Gasteiger partial charge is 0.252 e. The van der Waals surface area contributed by atoms with E-state index in [1.54, 1.807) is 11.3 Å². The molecule has 0 spiro atoms. The molecule has 0 saturated heterocycles. The predicted octanol–water partition coefficient (Wildman–Crippen LogP) is 4.20. The van der Waals surface area contributed by atoms with Crippen molar-refractivity contribution in [3.05, 3.63) is 52.0 Å². The predicted molar refractivity (Wildman–Crippen MR) is 99.6 cm³/mol. The number of para-hydroxylation sites is 1. The summed E-state index contributed by atoms with van der Waals surface area (Å²) in [4.78, 5) is 21.1. The molecule has 1 aliphatic carbocycles. The van der Waals surface area contributed by atoms with E-state index in [1.807, 2.05) is 30.6 Å². The Morgan fingerprint density at radius 3 is 3.08 bits per heavy atom. The fourth-order valence-electron chi connectivity index (χ4n) is 3.41. The molecule has 5 heteroatoms. The van der Waals surface area contributed by atoms with E-state index < -0.39 is 0 Å². The van der Waals surface area contributed by atoms with Crippen molar-refractivity contribution in [2.75, 3.05) is 0 Å². The molecule has 1 aromatic carbocycles. The van der Waals surface area contributed by atoms with Crippen LogP contribution < -0.4 is 5.73 Å². The lowest BCUT2D eigenvalue weighted by Gasteiger charge is -2.18. The first-order valence-corrected chi connectivity index (χ1v) is 8.99. The summed E-state index contributed by atoms with van der Waals surface area (Å²) in [7, 11) is 0. The number of benzene rings is 1. The van der Waals surface area contributed by atoms with Crippen LogP contribution in [0, 0.1) is 5.92 Å². The summed E-state index contributed by atoms with van der Waals surface area (Å²) in [6, 6.07) is 8.10. The molecule has 3 aromatic rings. The van der Waals surface area contributed by atoms with E-state index in [1.165, 1.54) is 4.88 Å². The topological polar surface area (TPSA) is 71.2 Å². The molecule has 0 saturated carbocycles. The SMILES string of the molecule is C[C@@H]1CCc2c(sc(/N=C/c3c[nH]c4ccccc34)c2C(N)=O)C1. The number of rotatable bonds is 3. The Kier molecular flexibility index (Phi) is 3.73. The number of amides is 1. The van der Waals surface area contributed by atoms with Gasteiger partial charge in [-0.2, -0.15) is 0 Å². The summed E-state index contributed by atoms with van der Waals surface area (Å²) in [5, 5.41) is 1.86. The van der Waals surface area contributed by atoms with Crippen LogP contribution in [0.4, 0.5) is 5.00 Å². The summed E-state index contributed by atoms with van der Waals surface area (Å²) < 4.78 is 0. The maximum absolute atomic E-state index is 12.0. The summed E-state index contributed by atoms with van der Waals surface area (Å²) in [5.41, 5.74) is 9.48. The molecule has 1 atom stereocenters. The van der Waals surface area contributed by atoms with Gasteiger partial charge in [-0.15, -0.1) is 11.3 Å². The minimum atomic E-state index is -0.367. The average Bonchev–Trinajstić information content (AvgIpc) is 3.13. The van der Waals surface area contributed by atoms with Crippen molar-refractivity contribution >= 4 is 39.4 Å². The van der Waals surface area contributed by atoms with Gasteiger partial charge in [-0.05, 0) is 36.8 Å². The maximum Gasteiger partial charge on any atom is 0.252 e. The van der Waals surface area contributed by atoms with Gasteiger partial charge in [0.05, 0.1) is 5.56 Å². The van der Waals surface area contributed by atoms with Crippen molar-refractivity contribution in [3.8, 4) is 0 Å². The molecule has 0 unspecified atom stereocenters. The number of carbonyl (C=O) groups excluding carboxylic acids is 1. The van der Waals surface area contributed by atoms with Gasteiger partial charge in [0, 0.05) is 33.8 Å². The number of H-pyrrole nitrogens is 1. The molecule has 2 aromatic heterocycles. The van der Waals surface area contributed by atoms with E-state index in [-0.39, 0.29) is 5.91 Å². The molecule has 1 aliphatic rings. The van der Waals surface area contributed by atoms with Crippen LogP contribution in [0.3, 0.4) is 0 Å². The van der Waals surface area contributed by atoms with Crippen molar-refractivity contribution in [2.24, 2.45) is 16.6 Å². The zero-order chi connectivity index (χ0) is 16.7. The Bertz CT molecular complexity index is 951. The number of fused-ring (bicyclic) bond motifs is 2. The van der Waals surface area contributed by atoms with Crippen LogP contribution in [0.15, 0.2) is 35.5 Å². The van der Waals surface area contributed by atoms with Crippen molar-refractivity contribution < 1.29 is 4.79 Å². The van der Waals surface area contributed by atoms with Gasteiger partial charge in [-0.3, -0.25) is 4.79 Å². The first kappa shape index (κ1) is 15.1. The molecule has 122 valence electrons. The third-order valence-corrected chi connectivity index (χ3v) is 5.84. The Morgan fingerprint density at radius 1 is 1.42 bits per heavy atom. The van der Waals surface area contributed by atoms with Crippen LogP contribution in [0.25, 0.3) is 10.9 Å². The van der Waals surface area contributed by atoms with Crippen molar-refractivity contribution in [1.82, 2.24) is 4.98 Å². The molecule has 24 heavy (non-hydrogen) atoms. The van der Waals surface area contributed by atoms with Gasteiger partial charge >= 0.3 is 0 Å². The molecule has 4 rings (SSSR count). The van der Waals surface area contributed by atoms with Gasteiger partial charge in [0.2, 0.25) is 0 Å². The summed E-state index contributed by atoms with van der Waals surface area (Å²) >= 11 is 1.61. The highest BCUT2D eigenvalue weighted by molar-refractivity contribution is 7.16. The lowest BCUT2D eigenvalue weighted by atomic mass is 9.88. The number of thiophene rings is 1. The van der Waals surface area contributed by atoms with Gasteiger partial charge in [0.15, 0.2) is 0 Å². The number of nitrogens with one attached hydrogen (secondary N) is 1. The fourth-order valence-corrected chi connectivity index (χ4v) is 4.77. The highest BCUT2D eigenvalue weighted by atomic mass is 32.1. The average molecular weight is 337 g/mol. The Morgan fingerprint density at radius 2 is 2.25 bits per heavy atom. The van der Waals surface area contributed by atoms with Crippen molar-refractivity contribution in [2.45, 2.75) is 26.2 Å². The molecule has 1 amide bonds. The number of carbonyl (C=O) groups is 1. The summed E-state index contributed by atoms with van der Waals surface area (Å²) in [6.45, 7) is 2.25. The molecular weight excluding hydrogens is 318 g/mol. The van der Waals surface area contributed by atoms with Gasteiger partial charge in [0.1, 0.15) is 5.00 Å². The summed E-state index contributed by atoms with van der Waals surface area (Å²) in [5.74, 6) is 0.287. The number of aromatic nitrogens is 1. The highest BCUT2D eigenvalue weighted by Crippen LogP contribution is 2.41. The minimum absolute atomic E-state index is 0.367. The standard InChI is InChI=1S/C19H19N3OS/c1-11-6-7-14-16(8-11)24-19(17(14)18(20)23)22-10-12-9-21-15-5-3-2-4-13(12)15/h2-5,9-11,21H,6-8H2,1H3,(H2,20,23)/b22-10+/t11-/m1/s1. The van der Waals surface area contributed by atoms with Crippen LogP contribution in [-0.2, 0) is 12.8 Å². The van der Waals surface area contributed by atoms with Gasteiger partial charge in [-0.1, -0.05) is 25.1 Å². The summed E-state index contributed by atoms with van der Waals surface area (Å²) in [6.07, 6.45) is 6.81. The van der Waals surface area contributed by atoms with Gasteiger partial charge in [0.25, 0.3) is 5.91 Å². The number of aliphatic imine (C=N–C) groups is 1. The molecule has 4 nitrogen and oxygen atoms in total. The molecular formula is C19H19N3OS. The van der Waals surface area contributed by atoms with Crippen LogP contribution in [-0.4, -0.2) is 17.1 Å². The van der Waals surface area contributed by atoms with E-state index in [9.17, 15) is 4.79 Å².